The molecule has 0 bridgehead atoms. The molecule has 31 heavy (non-hydrogen) atoms. The predicted octanol–water partition coefficient (Wildman–Crippen LogP) is 3.81. The molecule has 0 radical (unpaired) electrons. The zero-order valence-electron chi connectivity index (χ0n) is 17.6. The fourth-order valence-electron chi connectivity index (χ4n) is 3.68. The van der Waals surface area contributed by atoms with Gasteiger partial charge in [0.2, 0.25) is 6.79 Å². The first-order valence-electron chi connectivity index (χ1n) is 9.84. The van der Waals surface area contributed by atoms with E-state index in [2.05, 4.69) is 0 Å². The monoisotopic (exact) mass is 442 g/mol. The molecule has 9 heteroatoms. The molecule has 2 aromatic rings. The summed E-state index contributed by atoms with van der Waals surface area (Å²) in [7, 11) is 0. The van der Waals surface area contributed by atoms with Gasteiger partial charge in [0.25, 0.3) is 11.1 Å². The van der Waals surface area contributed by atoms with E-state index in [0.29, 0.717) is 11.5 Å². The van der Waals surface area contributed by atoms with Crippen molar-refractivity contribution in [1.82, 2.24) is 9.47 Å². The Labute approximate surface area is 183 Å². The highest BCUT2D eigenvalue weighted by Crippen LogP contribution is 2.37. The molecule has 1 aromatic heterocycles. The van der Waals surface area contributed by atoms with E-state index in [-0.39, 0.29) is 18.3 Å². The van der Waals surface area contributed by atoms with Crippen molar-refractivity contribution >= 4 is 35.0 Å². The van der Waals surface area contributed by atoms with E-state index in [1.54, 1.807) is 13.0 Å². The van der Waals surface area contributed by atoms with Crippen LogP contribution in [0.15, 0.2) is 29.2 Å². The van der Waals surface area contributed by atoms with E-state index in [4.69, 9.17) is 14.2 Å². The Balaban J connectivity index is 1.64. The Morgan fingerprint density at radius 1 is 1.23 bits per heavy atom. The topological polar surface area (TPSA) is 87.1 Å². The molecule has 2 aliphatic rings. The summed E-state index contributed by atoms with van der Waals surface area (Å²) in [6.07, 6.45) is 1.69. The maximum Gasteiger partial charge on any atom is 0.329 e. The largest absolute Gasteiger partial charge is 0.464 e. The number of imide groups is 1. The van der Waals surface area contributed by atoms with Gasteiger partial charge in [-0.05, 0) is 69.3 Å². The number of carbonyl (C=O) groups excluding carboxylic acids is 3. The normalized spacial score (nSPS) is 17.5. The number of esters is 1. The number of benzene rings is 1. The van der Waals surface area contributed by atoms with Gasteiger partial charge in [0.05, 0.1) is 11.5 Å². The Morgan fingerprint density at radius 3 is 2.71 bits per heavy atom. The summed E-state index contributed by atoms with van der Waals surface area (Å²) in [5.41, 5.74) is 3.58. The molecule has 8 nitrogen and oxygen atoms in total. The van der Waals surface area contributed by atoms with Crippen LogP contribution in [0.25, 0.3) is 11.8 Å². The highest BCUT2D eigenvalue weighted by Gasteiger charge is 2.41. The van der Waals surface area contributed by atoms with Crippen molar-refractivity contribution in [1.29, 1.82) is 0 Å². The van der Waals surface area contributed by atoms with Crippen LogP contribution >= 0.6 is 11.8 Å². The van der Waals surface area contributed by atoms with E-state index in [0.717, 1.165) is 39.3 Å². The second-order valence-electron chi connectivity index (χ2n) is 7.18. The van der Waals surface area contributed by atoms with Crippen LogP contribution in [-0.2, 0) is 14.3 Å². The molecule has 0 aliphatic carbocycles. The molecule has 3 heterocycles. The molecule has 2 aliphatic heterocycles. The lowest BCUT2D eigenvalue weighted by molar-refractivity contribution is -0.150. The fourth-order valence-corrected chi connectivity index (χ4v) is 4.58. The van der Waals surface area contributed by atoms with Gasteiger partial charge in [-0.3, -0.25) is 14.5 Å². The van der Waals surface area contributed by atoms with Crippen LogP contribution in [0.5, 0.6) is 11.5 Å². The lowest BCUT2D eigenvalue weighted by Gasteiger charge is -2.19. The molecule has 0 unspecified atom stereocenters. The molecule has 1 saturated heterocycles. The van der Waals surface area contributed by atoms with Crippen molar-refractivity contribution in [3.05, 3.63) is 46.1 Å². The zero-order chi connectivity index (χ0) is 22.3. The molecule has 0 saturated carbocycles. The van der Waals surface area contributed by atoms with Gasteiger partial charge in [-0.2, -0.15) is 0 Å². The number of hydrogen-bond donors (Lipinski definition) is 0. The van der Waals surface area contributed by atoms with Crippen LogP contribution in [0.1, 0.15) is 30.8 Å². The number of aryl methyl sites for hydroxylation is 1. The smallest absolute Gasteiger partial charge is 0.329 e. The summed E-state index contributed by atoms with van der Waals surface area (Å²) in [6, 6.07) is 6.67. The molecule has 4 rings (SSSR count). The van der Waals surface area contributed by atoms with Crippen LogP contribution in [0, 0.1) is 13.8 Å². The Morgan fingerprint density at radius 2 is 1.97 bits per heavy atom. The molecule has 0 N–H and O–H groups in total. The van der Waals surface area contributed by atoms with Crippen molar-refractivity contribution in [2.75, 3.05) is 13.4 Å². The molecule has 0 spiro atoms. The molecular formula is C22H22N2O6S. The third-order valence-electron chi connectivity index (χ3n) is 5.21. The highest BCUT2D eigenvalue weighted by molar-refractivity contribution is 8.18. The summed E-state index contributed by atoms with van der Waals surface area (Å²) >= 11 is 0.821. The van der Waals surface area contributed by atoms with Crippen molar-refractivity contribution in [3.8, 4) is 17.2 Å². The van der Waals surface area contributed by atoms with E-state index in [1.807, 2.05) is 42.7 Å². The Kier molecular flexibility index (Phi) is 5.53. The molecule has 1 aromatic carbocycles. The maximum atomic E-state index is 12.8. The number of aromatic nitrogens is 1. The van der Waals surface area contributed by atoms with Crippen molar-refractivity contribution in [2.24, 2.45) is 0 Å². The van der Waals surface area contributed by atoms with Gasteiger partial charge in [-0.25, -0.2) is 4.79 Å². The number of amides is 2. The highest BCUT2D eigenvalue weighted by atomic mass is 32.2. The number of carbonyl (C=O) groups is 3. The van der Waals surface area contributed by atoms with Gasteiger partial charge in [0, 0.05) is 23.1 Å². The zero-order valence-corrected chi connectivity index (χ0v) is 18.4. The first kappa shape index (κ1) is 21.0. The van der Waals surface area contributed by atoms with E-state index >= 15 is 0 Å². The van der Waals surface area contributed by atoms with Gasteiger partial charge < -0.3 is 18.8 Å². The van der Waals surface area contributed by atoms with Gasteiger partial charge >= 0.3 is 5.97 Å². The number of hydrogen-bond acceptors (Lipinski definition) is 7. The number of rotatable bonds is 5. The summed E-state index contributed by atoms with van der Waals surface area (Å²) in [5, 5.41) is -0.485. The molecule has 2 amide bonds. The third kappa shape index (κ3) is 3.69. The van der Waals surface area contributed by atoms with Gasteiger partial charge in [0.1, 0.15) is 6.04 Å². The summed E-state index contributed by atoms with van der Waals surface area (Å²) in [6.45, 7) is 7.45. The Hall–Kier alpha value is -3.20. The van der Waals surface area contributed by atoms with Gasteiger partial charge in [0.15, 0.2) is 11.5 Å². The fraction of sp³-hybridized carbons (Fsp3) is 0.318. The second-order valence-corrected chi connectivity index (χ2v) is 8.17. The van der Waals surface area contributed by atoms with Gasteiger partial charge in [-0.15, -0.1) is 0 Å². The maximum absolute atomic E-state index is 12.8. The minimum Gasteiger partial charge on any atom is -0.464 e. The Bertz CT molecular complexity index is 1120. The number of ether oxygens (including phenoxy) is 3. The second kappa shape index (κ2) is 8.14. The number of thioether (sulfide) groups is 1. The van der Waals surface area contributed by atoms with Crippen molar-refractivity contribution in [3.63, 3.8) is 0 Å². The molecule has 1 atom stereocenters. The minimum atomic E-state index is -0.973. The van der Waals surface area contributed by atoms with Gasteiger partial charge in [-0.1, -0.05) is 0 Å². The lowest BCUT2D eigenvalue weighted by Crippen LogP contribution is -2.42. The van der Waals surface area contributed by atoms with Crippen LogP contribution in [0.2, 0.25) is 0 Å². The summed E-state index contributed by atoms with van der Waals surface area (Å²) < 4.78 is 17.8. The van der Waals surface area contributed by atoms with Crippen LogP contribution < -0.4 is 9.47 Å². The molecular weight excluding hydrogens is 420 g/mol. The summed E-state index contributed by atoms with van der Waals surface area (Å²) in [5.74, 6) is 0.284. The van der Waals surface area contributed by atoms with Crippen LogP contribution in [-0.4, -0.2) is 46.0 Å². The van der Waals surface area contributed by atoms with Crippen LogP contribution in [0.3, 0.4) is 0 Å². The van der Waals surface area contributed by atoms with E-state index in [9.17, 15) is 14.4 Å². The average molecular weight is 442 g/mol. The molecule has 1 fully saturated rings. The van der Waals surface area contributed by atoms with Crippen molar-refractivity contribution in [2.45, 2.75) is 33.7 Å². The third-order valence-corrected chi connectivity index (χ3v) is 6.09. The average Bonchev–Trinajstić information content (AvgIpc) is 3.38. The quantitative estimate of drug-likeness (QED) is 0.514. The predicted molar refractivity (Wildman–Crippen MR) is 115 cm³/mol. The number of fused-ring (bicyclic) bond motifs is 1. The first-order valence-corrected chi connectivity index (χ1v) is 10.7. The summed E-state index contributed by atoms with van der Waals surface area (Å²) in [4.78, 5) is 38.5. The van der Waals surface area contributed by atoms with E-state index < -0.39 is 23.2 Å². The SMILES string of the molecule is CCOC(=O)[C@@H](C)N1C(=O)S/C(=C\c2cc(C)n(-c3ccc4c(c3)OCO4)c2C)C1=O. The van der Waals surface area contributed by atoms with Crippen molar-refractivity contribution < 1.29 is 28.6 Å². The van der Waals surface area contributed by atoms with Crippen LogP contribution in [0.4, 0.5) is 4.79 Å². The number of nitrogens with zero attached hydrogens (tertiary/aromatic N) is 2. The van der Waals surface area contributed by atoms with E-state index in [1.165, 1.54) is 6.92 Å². The minimum absolute atomic E-state index is 0.182. The first-order chi connectivity index (χ1) is 14.8. The molecule has 162 valence electrons. The standard InChI is InChI=1S/C22H22N2O6S/c1-5-28-21(26)14(4)24-20(25)19(31-22(24)27)9-15-8-12(2)23(13(15)3)16-6-7-17-18(10-16)30-11-29-17/h6-10,14H,5,11H2,1-4H3/b19-9-/t14-/m1/s1. The lowest BCUT2D eigenvalue weighted by atomic mass is 10.2.